The fraction of sp³-hybridized carbons (Fsp3) is 0.214. The lowest BCUT2D eigenvalue weighted by Crippen LogP contribution is -2.43. The molecule has 65 heavy (non-hydrogen) atoms. The number of hydrogen-bond donors (Lipinski definition) is 5. The first-order valence-corrected chi connectivity index (χ1v) is 22.9. The fourth-order valence-corrected chi connectivity index (χ4v) is 17.1. The molecule has 0 aromatic heterocycles. The highest BCUT2D eigenvalue weighted by atomic mass is 16.6. The predicted octanol–water partition coefficient (Wildman–Crippen LogP) is 8.14. The van der Waals surface area contributed by atoms with Gasteiger partial charge < -0.3 is 35.0 Å². The molecule has 2 aliphatic heterocycles. The largest absolute Gasteiger partial charge is 0.478 e. The van der Waals surface area contributed by atoms with Crippen LogP contribution in [0, 0.1) is 0 Å². The lowest BCUT2D eigenvalue weighted by atomic mass is 9.55. The number of carboxylic acids is 2. The number of aromatic carboxylic acids is 2. The Bertz CT molecular complexity index is 4610. The molecular formula is C56H28O9. The monoisotopic (exact) mass is 844 g/mol. The molecule has 7 unspecified atom stereocenters. The van der Waals surface area contributed by atoms with Crippen LogP contribution in [-0.2, 0) is 27.1 Å². The zero-order valence-corrected chi connectivity index (χ0v) is 33.8. The zero-order chi connectivity index (χ0) is 42.3. The molecule has 306 valence electrons. The smallest absolute Gasteiger partial charge is 0.336 e. The number of carboxylic acid groups (broad SMARTS) is 2. The topological polar surface area (TPSA) is 160 Å². The number of epoxide rings is 2. The summed E-state index contributed by atoms with van der Waals surface area (Å²) in [6.07, 6.45) is 11.4. The van der Waals surface area contributed by atoms with Crippen LogP contribution in [0.1, 0.15) is 119 Å². The number of aliphatic hydroxyl groups is 3. The number of benzene rings is 10. The predicted molar refractivity (Wildman–Crippen MR) is 243 cm³/mol. The number of carbonyl (C=O) groups is 2. The van der Waals surface area contributed by atoms with Gasteiger partial charge in [0.1, 0.15) is 35.6 Å². The molecule has 9 heteroatoms. The Balaban J connectivity index is 1.24. The highest BCUT2D eigenvalue weighted by molar-refractivity contribution is 6.53. The normalized spacial score (nSPS) is 31.0. The third-order valence-corrected chi connectivity index (χ3v) is 18.9. The maximum absolute atomic E-state index is 14.0. The van der Waals surface area contributed by atoms with Gasteiger partial charge in [-0.25, -0.2) is 9.59 Å². The maximum atomic E-state index is 14.0. The van der Waals surface area contributed by atoms with Crippen molar-refractivity contribution < 1.29 is 44.6 Å². The van der Waals surface area contributed by atoms with Crippen molar-refractivity contribution in [1.29, 1.82) is 0 Å². The first kappa shape index (κ1) is 32.0. The Labute approximate surface area is 363 Å². The molecule has 5 N–H and O–H groups in total. The number of ether oxygens (including phenoxy) is 2. The first-order chi connectivity index (χ1) is 31.6. The van der Waals surface area contributed by atoms with E-state index in [1.807, 2.05) is 24.3 Å². The van der Waals surface area contributed by atoms with E-state index in [0.29, 0.717) is 35.8 Å². The maximum Gasteiger partial charge on any atom is 0.336 e. The van der Waals surface area contributed by atoms with Gasteiger partial charge in [0.15, 0.2) is 0 Å². The molecule has 0 bridgehead atoms. The Kier molecular flexibility index (Phi) is 4.35. The van der Waals surface area contributed by atoms with Crippen LogP contribution in [0.3, 0.4) is 0 Å². The Morgan fingerprint density at radius 2 is 1.43 bits per heavy atom. The van der Waals surface area contributed by atoms with Crippen LogP contribution >= 0.6 is 0 Å². The average Bonchev–Trinajstić information content (AvgIpc) is 4.24. The second-order valence-corrected chi connectivity index (χ2v) is 21.0. The number of aliphatic hydroxyl groups excluding tert-OH is 1. The molecule has 0 amide bonds. The average molecular weight is 845 g/mol. The van der Waals surface area contributed by atoms with Crippen molar-refractivity contribution in [2.45, 2.75) is 72.8 Å². The van der Waals surface area contributed by atoms with Crippen LogP contribution in [0.25, 0.3) is 115 Å². The van der Waals surface area contributed by atoms with Crippen molar-refractivity contribution in [3.05, 3.63) is 120 Å². The third kappa shape index (κ3) is 2.73. The molecule has 8 aliphatic carbocycles. The van der Waals surface area contributed by atoms with Gasteiger partial charge in [0.05, 0.1) is 17.2 Å². The molecule has 0 saturated carbocycles. The summed E-state index contributed by atoms with van der Waals surface area (Å²) in [5, 5.41) is 81.8. The summed E-state index contributed by atoms with van der Waals surface area (Å²) < 4.78 is 13.4. The van der Waals surface area contributed by atoms with Crippen molar-refractivity contribution in [3.8, 4) is 0 Å². The highest BCUT2D eigenvalue weighted by Gasteiger charge is 2.63. The van der Waals surface area contributed by atoms with Gasteiger partial charge in [-0.3, -0.25) is 0 Å². The lowest BCUT2D eigenvalue weighted by molar-refractivity contribution is 0.000413. The van der Waals surface area contributed by atoms with Crippen molar-refractivity contribution in [2.24, 2.45) is 0 Å². The van der Waals surface area contributed by atoms with E-state index in [1.54, 1.807) is 6.07 Å². The lowest BCUT2D eigenvalue weighted by Gasteiger charge is -2.49. The fourth-order valence-electron chi connectivity index (χ4n) is 17.1. The van der Waals surface area contributed by atoms with Gasteiger partial charge >= 0.3 is 11.9 Å². The van der Waals surface area contributed by atoms with Crippen molar-refractivity contribution in [2.75, 3.05) is 0 Å². The standard InChI is InChI=1S/C56H28O9/c57-49-21-12-15-13-23-50(64-23)32-18-8-10-55(62)22-5-1-4-16-25(54(60)61)20-11-14-3-2-9-56(63)46(14)43-28(20)35(26(16)22)44-41-40-37(30(18)47(44)55)34(24(15)32)29(21)36-27-17(6-7-19(31(27)49)53(58)59)33-38(39(36)40)45(42(41)43)48(56)52-51(33)65-52/h1-3,5-8,11-13,22-23,48-52,57,62-63H,4,9-10H2,(H,58,59)(H,60,61)/t22?,23?,48?,49?,50?,51-,52?,55?,56-/m0/s1. The number of allylic oxidation sites excluding steroid dienone is 1. The number of hydrogen-bond acceptors (Lipinski definition) is 7. The van der Waals surface area contributed by atoms with Gasteiger partial charge in [0, 0.05) is 34.9 Å². The molecule has 2 fully saturated rings. The summed E-state index contributed by atoms with van der Waals surface area (Å²) in [7, 11) is 0. The molecule has 9 atom stereocenters. The summed E-state index contributed by atoms with van der Waals surface area (Å²) in [4.78, 5) is 27.2. The molecule has 2 saturated heterocycles. The number of fused-ring (bicyclic) bond motifs is 9. The second kappa shape index (κ2) is 8.84. The summed E-state index contributed by atoms with van der Waals surface area (Å²) in [5.41, 5.74) is 5.70. The summed E-state index contributed by atoms with van der Waals surface area (Å²) in [6, 6.07) is 7.65. The second-order valence-electron chi connectivity index (χ2n) is 21.0. The Morgan fingerprint density at radius 1 is 0.646 bits per heavy atom. The zero-order valence-electron chi connectivity index (χ0n) is 33.8. The van der Waals surface area contributed by atoms with Gasteiger partial charge in [-0.1, -0.05) is 36.4 Å². The quantitative estimate of drug-likeness (QED) is 0.0501. The molecule has 9 nitrogen and oxygen atoms in total. The van der Waals surface area contributed by atoms with E-state index in [4.69, 9.17) is 9.47 Å². The SMILES string of the molecule is O=C(O)c1ccc2c3c4c5c6c7c8c(cc9c(C(=O)O)c%10c%11c(c%12c%13c%14c(c%15c%16c(cc%17c%18c%16c%14c(c6%12)c4c%18c2c1C%17O)=CC1OC%151)=CCC%13(O)C%11C=CC%10)c97)C=CC[C@@]8(O)C5C1O[C@@H]31. The van der Waals surface area contributed by atoms with Crippen LogP contribution in [0.15, 0.2) is 42.5 Å². The first-order valence-electron chi connectivity index (χ1n) is 22.9. The Morgan fingerprint density at radius 3 is 2.29 bits per heavy atom. The molecular weight excluding hydrogens is 817 g/mol. The summed E-state index contributed by atoms with van der Waals surface area (Å²) in [5.74, 6) is -3.13. The van der Waals surface area contributed by atoms with Gasteiger partial charge in [-0.05, 0) is 183 Å². The van der Waals surface area contributed by atoms with E-state index >= 15 is 0 Å². The molecule has 10 aromatic carbocycles. The molecule has 10 aliphatic rings. The Hall–Kier alpha value is -6.72. The van der Waals surface area contributed by atoms with Crippen LogP contribution < -0.4 is 10.4 Å². The summed E-state index contributed by atoms with van der Waals surface area (Å²) in [6.45, 7) is 0. The van der Waals surface area contributed by atoms with Gasteiger partial charge in [-0.15, -0.1) is 0 Å². The van der Waals surface area contributed by atoms with E-state index in [1.165, 1.54) is 0 Å². The third-order valence-electron chi connectivity index (χ3n) is 18.9. The van der Waals surface area contributed by atoms with Crippen LogP contribution in [0.4, 0.5) is 0 Å². The van der Waals surface area contributed by atoms with Crippen molar-refractivity contribution in [3.63, 3.8) is 0 Å². The van der Waals surface area contributed by atoms with Crippen molar-refractivity contribution >= 4 is 127 Å². The van der Waals surface area contributed by atoms with E-state index in [0.717, 1.165) is 147 Å². The van der Waals surface area contributed by atoms with Crippen LogP contribution in [0.5, 0.6) is 0 Å². The summed E-state index contributed by atoms with van der Waals surface area (Å²) >= 11 is 0. The van der Waals surface area contributed by atoms with Crippen LogP contribution in [0.2, 0.25) is 0 Å². The molecule has 0 radical (unpaired) electrons. The van der Waals surface area contributed by atoms with Crippen molar-refractivity contribution in [1.82, 2.24) is 0 Å². The minimum atomic E-state index is -1.44. The highest BCUT2D eigenvalue weighted by Crippen LogP contribution is 2.73. The van der Waals surface area contributed by atoms with E-state index in [9.17, 15) is 35.1 Å². The van der Waals surface area contributed by atoms with Gasteiger partial charge in [-0.2, -0.15) is 0 Å². The van der Waals surface area contributed by atoms with Gasteiger partial charge in [0.2, 0.25) is 0 Å². The van der Waals surface area contributed by atoms with E-state index < -0.39 is 41.1 Å². The molecule has 2 heterocycles. The van der Waals surface area contributed by atoms with E-state index in [-0.39, 0.29) is 35.5 Å². The molecule has 0 spiro atoms. The van der Waals surface area contributed by atoms with E-state index in [2.05, 4.69) is 30.4 Å². The van der Waals surface area contributed by atoms with Crippen LogP contribution in [-0.4, -0.2) is 49.7 Å². The molecule has 10 aromatic rings. The minimum absolute atomic E-state index is 0.0616. The molecule has 20 rings (SSSR count). The number of rotatable bonds is 2. The van der Waals surface area contributed by atoms with Gasteiger partial charge in [0.25, 0.3) is 0 Å². The minimum Gasteiger partial charge on any atom is -0.478 e.